The topological polar surface area (TPSA) is 12.9 Å². The van der Waals surface area contributed by atoms with Crippen molar-refractivity contribution in [1.82, 2.24) is 4.98 Å². The van der Waals surface area contributed by atoms with Crippen molar-refractivity contribution in [3.8, 4) is 0 Å². The number of fused-ring (bicyclic) bond motifs is 1. The first-order valence-corrected chi connectivity index (χ1v) is 4.11. The number of benzene rings is 1. The molecule has 0 aliphatic rings. The summed E-state index contributed by atoms with van der Waals surface area (Å²) in [6.07, 6.45) is 0. The maximum absolute atomic E-state index is 4.92. The van der Waals surface area contributed by atoms with Crippen molar-refractivity contribution in [2.24, 2.45) is 0 Å². The molecule has 1 aromatic carbocycles. The fourth-order valence-electron chi connectivity index (χ4n) is 0.851. The summed E-state index contributed by atoms with van der Waals surface area (Å²) in [7, 11) is 0. The molecule has 0 fully saturated rings. The molecule has 0 saturated heterocycles. The molecule has 0 saturated carbocycles. The summed E-state index contributed by atoms with van der Waals surface area (Å²) in [6, 6.07) is 7.97. The van der Waals surface area contributed by atoms with Crippen molar-refractivity contribution < 1.29 is 0 Å². The van der Waals surface area contributed by atoms with Gasteiger partial charge < -0.3 is 0 Å². The third-order valence-electron chi connectivity index (χ3n) is 1.27. The first-order chi connectivity index (χ1) is 4.86. The van der Waals surface area contributed by atoms with Crippen LogP contribution in [-0.4, -0.2) is 4.98 Å². The Kier molecular flexibility index (Phi) is 1.32. The monoisotopic (exact) mass is 166 g/mol. The molecule has 0 N–H and O–H groups in total. The van der Waals surface area contributed by atoms with Crippen molar-refractivity contribution in [2.75, 3.05) is 0 Å². The summed E-state index contributed by atoms with van der Waals surface area (Å²) in [4.78, 5) is 4.15. The number of thiazole rings is 1. The molecule has 1 nitrogen and oxygen atoms in total. The fourth-order valence-corrected chi connectivity index (χ4v) is 1.92. The van der Waals surface area contributed by atoms with E-state index in [0.717, 1.165) is 9.86 Å². The maximum atomic E-state index is 4.92. The van der Waals surface area contributed by atoms with Crippen LogP contribution in [0.1, 0.15) is 0 Å². The molecule has 1 radical (unpaired) electrons. The van der Waals surface area contributed by atoms with Crippen LogP contribution in [0.3, 0.4) is 0 Å². The standard InChI is InChI=1S/C7H4NS2/c9-7-8-5-3-1-2-4-6(5)10-7/h1-4H. The zero-order valence-corrected chi connectivity index (χ0v) is 6.71. The summed E-state index contributed by atoms with van der Waals surface area (Å²) < 4.78 is 1.90. The lowest BCUT2D eigenvalue weighted by Crippen LogP contribution is -1.63. The van der Waals surface area contributed by atoms with Gasteiger partial charge in [0.1, 0.15) is 0 Å². The lowest BCUT2D eigenvalue weighted by atomic mass is 10.3. The van der Waals surface area contributed by atoms with Crippen molar-refractivity contribution in [2.45, 2.75) is 4.34 Å². The van der Waals surface area contributed by atoms with Gasteiger partial charge in [0.15, 0.2) is 4.34 Å². The predicted octanol–water partition coefficient (Wildman–Crippen LogP) is 2.85. The van der Waals surface area contributed by atoms with E-state index in [1.807, 2.05) is 24.3 Å². The molecule has 49 valence electrons. The van der Waals surface area contributed by atoms with E-state index in [2.05, 4.69) is 4.98 Å². The van der Waals surface area contributed by atoms with E-state index in [1.54, 1.807) is 11.3 Å². The van der Waals surface area contributed by atoms with E-state index >= 15 is 0 Å². The Morgan fingerprint density at radius 1 is 1.30 bits per heavy atom. The average molecular weight is 166 g/mol. The second kappa shape index (κ2) is 2.18. The summed E-state index contributed by atoms with van der Waals surface area (Å²) in [5.41, 5.74) is 1.01. The molecule has 1 heterocycles. The lowest BCUT2D eigenvalue weighted by Gasteiger charge is -1.80. The van der Waals surface area contributed by atoms with Gasteiger partial charge in [-0.05, 0) is 24.8 Å². The Labute approximate surface area is 68.1 Å². The van der Waals surface area contributed by atoms with E-state index in [-0.39, 0.29) is 0 Å². The predicted molar refractivity (Wildman–Crippen MR) is 45.5 cm³/mol. The first kappa shape index (κ1) is 6.07. The van der Waals surface area contributed by atoms with E-state index in [4.69, 9.17) is 12.6 Å². The molecule has 0 unspecified atom stereocenters. The molecular weight excluding hydrogens is 162 g/mol. The van der Waals surface area contributed by atoms with Gasteiger partial charge in [0.25, 0.3) is 0 Å². The molecule has 3 heteroatoms. The Morgan fingerprint density at radius 2 is 2.10 bits per heavy atom. The molecule has 1 aromatic heterocycles. The molecule has 0 atom stereocenters. The van der Waals surface area contributed by atoms with E-state index in [9.17, 15) is 0 Å². The summed E-state index contributed by atoms with van der Waals surface area (Å²) in [5, 5.41) is 0. The molecule has 0 aliphatic heterocycles. The smallest absolute Gasteiger partial charge is 0.181 e. The minimum Gasteiger partial charge on any atom is -0.225 e. The second-order valence-electron chi connectivity index (χ2n) is 1.95. The number of rotatable bonds is 0. The van der Waals surface area contributed by atoms with Gasteiger partial charge in [-0.3, -0.25) is 0 Å². The van der Waals surface area contributed by atoms with Gasteiger partial charge in [-0.25, -0.2) is 4.98 Å². The molecule has 0 amide bonds. The second-order valence-corrected chi connectivity index (χ2v) is 3.62. The van der Waals surface area contributed by atoms with Crippen LogP contribution < -0.4 is 0 Å². The van der Waals surface area contributed by atoms with Crippen LogP contribution in [0, 0.1) is 0 Å². The largest absolute Gasteiger partial charge is 0.225 e. The van der Waals surface area contributed by atoms with Gasteiger partial charge in [-0.1, -0.05) is 12.1 Å². The van der Waals surface area contributed by atoms with Crippen LogP contribution in [0.15, 0.2) is 28.6 Å². The Hall–Kier alpha value is -0.670. The molecule has 2 rings (SSSR count). The third-order valence-corrected chi connectivity index (χ3v) is 2.45. The summed E-state index contributed by atoms with van der Waals surface area (Å²) in [5.74, 6) is 0. The number of hydrogen-bond acceptors (Lipinski definition) is 2. The highest BCUT2D eigenvalue weighted by Crippen LogP contribution is 2.23. The van der Waals surface area contributed by atoms with Crippen LogP contribution >= 0.6 is 24.0 Å². The van der Waals surface area contributed by atoms with Gasteiger partial charge in [0, 0.05) is 0 Å². The molecule has 10 heavy (non-hydrogen) atoms. The molecule has 0 spiro atoms. The van der Waals surface area contributed by atoms with Crippen LogP contribution in [0.2, 0.25) is 0 Å². The number of aromatic nitrogens is 1. The summed E-state index contributed by atoms with van der Waals surface area (Å²) >= 11 is 6.48. The third kappa shape index (κ3) is 0.874. The minimum absolute atomic E-state index is 0.723. The van der Waals surface area contributed by atoms with Crippen LogP contribution in [0.4, 0.5) is 0 Å². The van der Waals surface area contributed by atoms with Crippen LogP contribution in [-0.2, 0) is 0 Å². The Balaban J connectivity index is 2.88. The highest BCUT2D eigenvalue weighted by atomic mass is 32.2. The fraction of sp³-hybridized carbons (Fsp3) is 0. The van der Waals surface area contributed by atoms with Gasteiger partial charge in [0.2, 0.25) is 0 Å². The Bertz CT molecular complexity index is 320. The molecule has 2 aromatic rings. The van der Waals surface area contributed by atoms with E-state index in [1.165, 1.54) is 4.70 Å². The van der Waals surface area contributed by atoms with E-state index in [0.29, 0.717) is 0 Å². The van der Waals surface area contributed by atoms with Crippen LogP contribution in [0.5, 0.6) is 0 Å². The van der Waals surface area contributed by atoms with Gasteiger partial charge in [-0.15, -0.1) is 11.3 Å². The van der Waals surface area contributed by atoms with Crippen molar-refractivity contribution in [3.63, 3.8) is 0 Å². The van der Waals surface area contributed by atoms with Crippen molar-refractivity contribution in [1.29, 1.82) is 0 Å². The minimum atomic E-state index is 0.723. The SMILES string of the molecule is [S]c1nc2ccccc2s1. The van der Waals surface area contributed by atoms with Crippen molar-refractivity contribution >= 4 is 34.2 Å². The molecule has 0 aliphatic carbocycles. The maximum Gasteiger partial charge on any atom is 0.181 e. The quantitative estimate of drug-likeness (QED) is 0.586. The van der Waals surface area contributed by atoms with Gasteiger partial charge >= 0.3 is 0 Å². The van der Waals surface area contributed by atoms with Gasteiger partial charge in [-0.2, -0.15) is 0 Å². The van der Waals surface area contributed by atoms with Gasteiger partial charge in [0.05, 0.1) is 10.2 Å². The van der Waals surface area contributed by atoms with E-state index < -0.39 is 0 Å². The highest BCUT2D eigenvalue weighted by Gasteiger charge is 1.97. The zero-order chi connectivity index (χ0) is 6.97. The first-order valence-electron chi connectivity index (χ1n) is 2.89. The normalized spacial score (nSPS) is 10.4. The molecule has 0 bridgehead atoms. The highest BCUT2D eigenvalue weighted by molar-refractivity contribution is 7.82. The molecular formula is C7H4NS2. The van der Waals surface area contributed by atoms with Crippen molar-refractivity contribution in [3.05, 3.63) is 24.3 Å². The average Bonchev–Trinajstić information content (AvgIpc) is 2.27. The lowest BCUT2D eigenvalue weighted by molar-refractivity contribution is 1.31. The number of nitrogens with zero attached hydrogens (tertiary/aromatic N) is 1. The number of hydrogen-bond donors (Lipinski definition) is 0. The number of para-hydroxylation sites is 1. The Morgan fingerprint density at radius 3 is 2.90 bits per heavy atom. The zero-order valence-electron chi connectivity index (χ0n) is 5.07. The van der Waals surface area contributed by atoms with Crippen LogP contribution in [0.25, 0.3) is 10.2 Å². The summed E-state index contributed by atoms with van der Waals surface area (Å²) in [6.45, 7) is 0.